The molecule has 0 heterocycles. The molecule has 0 aliphatic heterocycles. The molecule has 184 valence electrons. The van der Waals surface area contributed by atoms with E-state index in [4.69, 9.17) is 9.47 Å². The van der Waals surface area contributed by atoms with Crippen LogP contribution in [0.3, 0.4) is 0 Å². The Morgan fingerprint density at radius 3 is 2.18 bits per heavy atom. The molecule has 0 saturated heterocycles. The summed E-state index contributed by atoms with van der Waals surface area (Å²) in [4.78, 5) is 0. The van der Waals surface area contributed by atoms with Crippen LogP contribution in [0.5, 0.6) is 5.75 Å². The maximum atomic E-state index is 14.8. The average Bonchev–Trinajstić information content (AvgIpc) is 2.85. The molecule has 0 atom stereocenters. The summed E-state index contributed by atoms with van der Waals surface area (Å²) in [5, 5.41) is 0. The van der Waals surface area contributed by atoms with E-state index in [9.17, 15) is 13.2 Å². The van der Waals surface area contributed by atoms with Crippen molar-refractivity contribution in [1.29, 1.82) is 0 Å². The minimum Gasteiger partial charge on any atom is -0.489 e. The van der Waals surface area contributed by atoms with Crippen molar-refractivity contribution in [3.05, 3.63) is 77.1 Å². The van der Waals surface area contributed by atoms with Crippen LogP contribution in [-0.4, -0.2) is 12.7 Å². The van der Waals surface area contributed by atoms with E-state index in [1.165, 1.54) is 6.07 Å². The molecule has 0 radical (unpaired) electrons. The Morgan fingerprint density at radius 1 is 0.853 bits per heavy atom. The first kappa shape index (κ1) is 24.8. The average molecular weight is 473 g/mol. The first-order valence-corrected chi connectivity index (χ1v) is 12.6. The van der Waals surface area contributed by atoms with Crippen molar-refractivity contribution >= 4 is 0 Å². The topological polar surface area (TPSA) is 18.5 Å². The highest BCUT2D eigenvalue weighted by atomic mass is 19.2. The van der Waals surface area contributed by atoms with Crippen molar-refractivity contribution in [3.63, 3.8) is 0 Å². The highest BCUT2D eigenvalue weighted by molar-refractivity contribution is 5.32. The van der Waals surface area contributed by atoms with Gasteiger partial charge in [-0.25, -0.2) is 13.2 Å². The van der Waals surface area contributed by atoms with Gasteiger partial charge in [0.25, 0.3) is 0 Å². The van der Waals surface area contributed by atoms with Gasteiger partial charge in [-0.15, -0.1) is 0 Å². The Balaban J connectivity index is 1.29. The molecule has 2 nitrogen and oxygen atoms in total. The van der Waals surface area contributed by atoms with Gasteiger partial charge in [-0.2, -0.15) is 0 Å². The van der Waals surface area contributed by atoms with Gasteiger partial charge >= 0.3 is 0 Å². The lowest BCUT2D eigenvalue weighted by molar-refractivity contribution is 0.0116. The SMILES string of the molecule is C=CCOc1ccc(C2CCC(OCc3ccc(C4CCC(C)CC4)c(F)c3F)CC2)c(F)c1. The lowest BCUT2D eigenvalue weighted by atomic mass is 9.79. The lowest BCUT2D eigenvalue weighted by Crippen LogP contribution is -2.21. The van der Waals surface area contributed by atoms with Crippen LogP contribution in [0.1, 0.15) is 86.8 Å². The standard InChI is InChI=1S/C29H35F3O2/c1-3-16-33-24-13-15-25(27(30)17-24)20-8-11-23(12-9-20)34-18-22-10-14-26(29(32)28(22)31)21-6-4-19(2)5-7-21/h3,10,13-15,17,19-21,23H,1,4-9,11-12,16,18H2,2H3. The summed E-state index contributed by atoms with van der Waals surface area (Å²) >= 11 is 0. The van der Waals surface area contributed by atoms with Gasteiger partial charge in [0, 0.05) is 11.6 Å². The first-order valence-electron chi connectivity index (χ1n) is 12.6. The van der Waals surface area contributed by atoms with Crippen LogP contribution in [0.4, 0.5) is 13.2 Å². The quantitative estimate of drug-likeness (QED) is 0.361. The molecule has 34 heavy (non-hydrogen) atoms. The summed E-state index contributed by atoms with van der Waals surface area (Å²) in [6, 6.07) is 8.45. The molecule has 2 aliphatic rings. The van der Waals surface area contributed by atoms with Crippen LogP contribution in [0, 0.1) is 23.4 Å². The number of halogens is 3. The van der Waals surface area contributed by atoms with E-state index in [2.05, 4.69) is 13.5 Å². The van der Waals surface area contributed by atoms with Crippen LogP contribution >= 0.6 is 0 Å². The number of benzene rings is 2. The number of hydrogen-bond acceptors (Lipinski definition) is 2. The summed E-state index contributed by atoms with van der Waals surface area (Å²) in [5.41, 5.74) is 1.48. The van der Waals surface area contributed by atoms with Gasteiger partial charge in [0.05, 0.1) is 12.7 Å². The summed E-state index contributed by atoms with van der Waals surface area (Å²) in [7, 11) is 0. The maximum absolute atomic E-state index is 14.8. The Labute approximate surface area is 201 Å². The molecule has 0 bridgehead atoms. The Morgan fingerprint density at radius 2 is 1.50 bits per heavy atom. The second-order valence-electron chi connectivity index (χ2n) is 9.97. The van der Waals surface area contributed by atoms with Gasteiger partial charge in [0.15, 0.2) is 11.6 Å². The summed E-state index contributed by atoms with van der Waals surface area (Å²) in [6.45, 7) is 6.21. The molecule has 2 aliphatic carbocycles. The predicted molar refractivity (Wildman–Crippen MR) is 129 cm³/mol. The summed E-state index contributed by atoms with van der Waals surface area (Å²) < 4.78 is 55.5. The normalized spacial score (nSPS) is 25.2. The zero-order valence-corrected chi connectivity index (χ0v) is 20.0. The molecule has 4 rings (SSSR count). The third-order valence-electron chi connectivity index (χ3n) is 7.58. The van der Waals surface area contributed by atoms with Crippen molar-refractivity contribution in [1.82, 2.24) is 0 Å². The van der Waals surface area contributed by atoms with Crippen LogP contribution in [0.2, 0.25) is 0 Å². The van der Waals surface area contributed by atoms with Gasteiger partial charge in [0.2, 0.25) is 0 Å². The van der Waals surface area contributed by atoms with Crippen LogP contribution < -0.4 is 4.74 Å². The van der Waals surface area contributed by atoms with Crippen LogP contribution in [0.25, 0.3) is 0 Å². The zero-order valence-electron chi connectivity index (χ0n) is 20.0. The fourth-order valence-corrected chi connectivity index (χ4v) is 5.43. The monoisotopic (exact) mass is 472 g/mol. The predicted octanol–water partition coefficient (Wildman–Crippen LogP) is 8.21. The Kier molecular flexibility index (Phi) is 8.36. The third kappa shape index (κ3) is 5.86. The first-order chi connectivity index (χ1) is 16.5. The van der Waals surface area contributed by atoms with Gasteiger partial charge in [-0.1, -0.05) is 50.6 Å². The number of rotatable bonds is 8. The van der Waals surface area contributed by atoms with E-state index in [1.807, 2.05) is 0 Å². The van der Waals surface area contributed by atoms with Crippen molar-refractivity contribution < 1.29 is 22.6 Å². The number of hydrogen-bond donors (Lipinski definition) is 0. The van der Waals surface area contributed by atoms with Crippen molar-refractivity contribution in [2.24, 2.45) is 5.92 Å². The van der Waals surface area contributed by atoms with Crippen molar-refractivity contribution in [2.75, 3.05) is 6.61 Å². The fourth-order valence-electron chi connectivity index (χ4n) is 5.43. The van der Waals surface area contributed by atoms with Crippen molar-refractivity contribution in [2.45, 2.75) is 82.8 Å². The lowest BCUT2D eigenvalue weighted by Gasteiger charge is -2.29. The van der Waals surface area contributed by atoms with Crippen molar-refractivity contribution in [3.8, 4) is 5.75 Å². The van der Waals surface area contributed by atoms with E-state index in [-0.39, 0.29) is 35.9 Å². The maximum Gasteiger partial charge on any atom is 0.164 e. The minimum atomic E-state index is -0.773. The molecule has 2 fully saturated rings. The minimum absolute atomic E-state index is 0.0310. The van der Waals surface area contributed by atoms with E-state index < -0.39 is 11.6 Å². The van der Waals surface area contributed by atoms with Gasteiger partial charge in [-0.3, -0.25) is 0 Å². The highest BCUT2D eigenvalue weighted by Gasteiger charge is 2.27. The second kappa shape index (κ2) is 11.4. The Hall–Kier alpha value is -2.27. The van der Waals surface area contributed by atoms with Crippen LogP contribution in [-0.2, 0) is 11.3 Å². The molecule has 2 saturated carbocycles. The molecule has 0 spiro atoms. The molecular weight excluding hydrogens is 437 g/mol. The Bertz CT molecular complexity index is 974. The second-order valence-corrected chi connectivity index (χ2v) is 9.97. The fraction of sp³-hybridized carbons (Fsp3) is 0.517. The molecule has 2 aromatic carbocycles. The van der Waals surface area contributed by atoms with Gasteiger partial charge in [0.1, 0.15) is 18.2 Å². The third-order valence-corrected chi connectivity index (χ3v) is 7.58. The van der Waals surface area contributed by atoms with E-state index in [0.717, 1.165) is 51.4 Å². The van der Waals surface area contributed by atoms with Gasteiger partial charge < -0.3 is 9.47 Å². The molecule has 2 aromatic rings. The largest absolute Gasteiger partial charge is 0.489 e. The summed E-state index contributed by atoms with van der Waals surface area (Å²) in [6.07, 6.45) is 8.68. The van der Waals surface area contributed by atoms with E-state index in [1.54, 1.807) is 30.3 Å². The molecule has 0 amide bonds. The van der Waals surface area contributed by atoms with E-state index >= 15 is 0 Å². The van der Waals surface area contributed by atoms with Crippen LogP contribution in [0.15, 0.2) is 43.0 Å². The zero-order chi connectivity index (χ0) is 24.1. The molecule has 0 unspecified atom stereocenters. The molecule has 5 heteroatoms. The smallest absolute Gasteiger partial charge is 0.164 e. The summed E-state index contributed by atoms with van der Waals surface area (Å²) in [5.74, 6) is -0.337. The molecule has 0 N–H and O–H groups in total. The van der Waals surface area contributed by atoms with Gasteiger partial charge in [-0.05, 0) is 73.5 Å². The molecule has 0 aromatic heterocycles. The number of ether oxygens (including phenoxy) is 2. The van der Waals surface area contributed by atoms with E-state index in [0.29, 0.717) is 29.4 Å². The molecular formula is C29H35F3O2. The highest BCUT2D eigenvalue weighted by Crippen LogP contribution is 2.39.